The Morgan fingerprint density at radius 2 is 2.11 bits per heavy atom. The van der Waals surface area contributed by atoms with Gasteiger partial charge in [0.15, 0.2) is 0 Å². The van der Waals surface area contributed by atoms with Crippen LogP contribution in [0.25, 0.3) is 0 Å². The number of rotatable bonds is 3. The number of thiazole rings is 1. The minimum absolute atomic E-state index is 0.140. The highest BCUT2D eigenvalue weighted by molar-refractivity contribution is 7.11. The van der Waals surface area contributed by atoms with Crippen LogP contribution in [-0.4, -0.2) is 22.2 Å². The van der Waals surface area contributed by atoms with Gasteiger partial charge in [-0.2, -0.15) is 0 Å². The SMILES string of the molecule is CC(=O)Nc1ccc(N=Cc2sc(=O)[nH]c2O)cc1. The summed E-state index contributed by atoms with van der Waals surface area (Å²) in [5.74, 6) is -0.327. The van der Waals surface area contributed by atoms with Crippen LogP contribution in [0.5, 0.6) is 5.88 Å². The van der Waals surface area contributed by atoms with E-state index < -0.39 is 0 Å². The van der Waals surface area contributed by atoms with Crippen molar-refractivity contribution < 1.29 is 9.90 Å². The molecule has 3 N–H and O–H groups in total. The predicted molar refractivity (Wildman–Crippen MR) is 74.6 cm³/mol. The van der Waals surface area contributed by atoms with Gasteiger partial charge in [-0.1, -0.05) is 11.3 Å². The highest BCUT2D eigenvalue weighted by Gasteiger charge is 2.03. The quantitative estimate of drug-likeness (QED) is 0.747. The third kappa shape index (κ3) is 3.52. The van der Waals surface area contributed by atoms with Gasteiger partial charge in [-0.3, -0.25) is 19.6 Å². The zero-order valence-electron chi connectivity index (χ0n) is 10.0. The first-order valence-electron chi connectivity index (χ1n) is 5.38. The van der Waals surface area contributed by atoms with Gasteiger partial charge in [0.1, 0.15) is 4.88 Å². The molecule has 0 aliphatic carbocycles. The summed E-state index contributed by atoms with van der Waals surface area (Å²) in [6.07, 6.45) is 1.41. The van der Waals surface area contributed by atoms with E-state index in [4.69, 9.17) is 0 Å². The molecule has 0 fully saturated rings. The topological polar surface area (TPSA) is 94.5 Å². The number of carbonyl (C=O) groups is 1. The van der Waals surface area contributed by atoms with E-state index in [1.165, 1.54) is 13.1 Å². The van der Waals surface area contributed by atoms with Crippen LogP contribution in [0, 0.1) is 0 Å². The summed E-state index contributed by atoms with van der Waals surface area (Å²) in [7, 11) is 0. The number of hydrogen-bond donors (Lipinski definition) is 3. The molecule has 2 rings (SSSR count). The third-order valence-corrected chi connectivity index (χ3v) is 2.98. The van der Waals surface area contributed by atoms with E-state index in [-0.39, 0.29) is 16.7 Å². The molecule has 1 heterocycles. The first-order valence-corrected chi connectivity index (χ1v) is 6.20. The van der Waals surface area contributed by atoms with E-state index in [1.54, 1.807) is 24.3 Å². The number of aliphatic imine (C=N–C) groups is 1. The lowest BCUT2D eigenvalue weighted by atomic mass is 10.3. The Morgan fingerprint density at radius 3 is 2.63 bits per heavy atom. The van der Waals surface area contributed by atoms with Gasteiger partial charge in [-0.05, 0) is 24.3 Å². The van der Waals surface area contributed by atoms with Gasteiger partial charge < -0.3 is 10.4 Å². The lowest BCUT2D eigenvalue weighted by Gasteiger charge is -2.01. The molecule has 0 atom stereocenters. The molecule has 0 saturated heterocycles. The maximum atomic E-state index is 11.0. The number of aromatic hydroxyl groups is 1. The van der Waals surface area contributed by atoms with Gasteiger partial charge in [0.25, 0.3) is 0 Å². The van der Waals surface area contributed by atoms with E-state index in [0.717, 1.165) is 11.3 Å². The average molecular weight is 277 g/mol. The molecule has 0 saturated carbocycles. The average Bonchev–Trinajstić information content (AvgIpc) is 2.66. The Labute approximate surface area is 112 Å². The van der Waals surface area contributed by atoms with Gasteiger partial charge in [0.05, 0.1) is 11.9 Å². The van der Waals surface area contributed by atoms with Crippen LogP contribution in [0.15, 0.2) is 34.1 Å². The number of benzene rings is 1. The summed E-state index contributed by atoms with van der Waals surface area (Å²) in [5.41, 5.74) is 1.33. The molecule has 0 spiro atoms. The fourth-order valence-corrected chi connectivity index (χ4v) is 1.99. The van der Waals surface area contributed by atoms with Crippen molar-refractivity contribution in [3.8, 4) is 5.88 Å². The Hall–Kier alpha value is -2.41. The molecule has 0 unspecified atom stereocenters. The van der Waals surface area contributed by atoms with E-state index >= 15 is 0 Å². The molecule has 2 aromatic rings. The van der Waals surface area contributed by atoms with Crippen molar-refractivity contribution >= 4 is 34.8 Å². The fourth-order valence-electron chi connectivity index (χ4n) is 1.39. The second-order valence-corrected chi connectivity index (χ2v) is 4.73. The Balaban J connectivity index is 2.13. The summed E-state index contributed by atoms with van der Waals surface area (Å²) in [6.45, 7) is 1.43. The minimum atomic E-state index is -0.333. The number of nitrogens with zero attached hydrogens (tertiary/aromatic N) is 1. The summed E-state index contributed by atoms with van der Waals surface area (Å²) in [6, 6.07) is 6.86. The van der Waals surface area contributed by atoms with Crippen LogP contribution in [-0.2, 0) is 4.79 Å². The molecule has 0 radical (unpaired) electrons. The van der Waals surface area contributed by atoms with Crippen LogP contribution in [0.1, 0.15) is 11.8 Å². The summed E-state index contributed by atoms with van der Waals surface area (Å²) < 4.78 is 0. The Morgan fingerprint density at radius 1 is 1.42 bits per heavy atom. The fraction of sp³-hybridized carbons (Fsp3) is 0.0833. The number of H-pyrrole nitrogens is 1. The number of hydrogen-bond acceptors (Lipinski definition) is 5. The molecule has 7 heteroatoms. The van der Waals surface area contributed by atoms with E-state index in [2.05, 4.69) is 15.3 Å². The predicted octanol–water partition coefficient (Wildman–Crippen LogP) is 1.85. The number of amides is 1. The highest BCUT2D eigenvalue weighted by Crippen LogP contribution is 2.18. The van der Waals surface area contributed by atoms with Gasteiger partial charge >= 0.3 is 4.87 Å². The van der Waals surface area contributed by atoms with Crippen molar-refractivity contribution in [2.75, 3.05) is 5.32 Å². The number of aromatic nitrogens is 1. The van der Waals surface area contributed by atoms with Crippen LogP contribution >= 0.6 is 11.3 Å². The molecule has 0 aliphatic heterocycles. The molecule has 0 aliphatic rings. The van der Waals surface area contributed by atoms with Gasteiger partial charge in [-0.25, -0.2) is 0 Å². The standard InChI is InChI=1S/C12H11N3O3S/c1-7(16)14-9-4-2-8(3-5-9)13-6-10-11(17)15-12(18)19-10/h2-6,17H,1H3,(H,14,16)(H,15,18). The molecule has 98 valence electrons. The zero-order valence-corrected chi connectivity index (χ0v) is 10.8. The number of nitrogens with one attached hydrogen (secondary N) is 2. The van der Waals surface area contributed by atoms with E-state index in [1.807, 2.05) is 0 Å². The maximum absolute atomic E-state index is 11.0. The van der Waals surface area contributed by atoms with Gasteiger partial charge in [0, 0.05) is 12.6 Å². The number of carbonyl (C=O) groups excluding carboxylic acids is 1. The number of anilines is 1. The zero-order chi connectivity index (χ0) is 13.8. The van der Waals surface area contributed by atoms with Crippen molar-refractivity contribution in [1.82, 2.24) is 4.98 Å². The molecule has 1 aromatic carbocycles. The van der Waals surface area contributed by atoms with Crippen molar-refractivity contribution in [1.29, 1.82) is 0 Å². The molecule has 0 bridgehead atoms. The van der Waals surface area contributed by atoms with Crippen LogP contribution in [0.3, 0.4) is 0 Å². The van der Waals surface area contributed by atoms with Gasteiger partial charge in [0.2, 0.25) is 11.8 Å². The van der Waals surface area contributed by atoms with Gasteiger partial charge in [-0.15, -0.1) is 0 Å². The monoisotopic (exact) mass is 277 g/mol. The summed E-state index contributed by atoms with van der Waals surface area (Å²) in [4.78, 5) is 28.2. The first-order chi connectivity index (χ1) is 9.04. The molecule has 19 heavy (non-hydrogen) atoms. The lowest BCUT2D eigenvalue weighted by Crippen LogP contribution is -2.04. The second-order valence-electron chi connectivity index (χ2n) is 3.71. The lowest BCUT2D eigenvalue weighted by molar-refractivity contribution is -0.114. The summed E-state index contributed by atoms with van der Waals surface area (Å²) >= 11 is 0.878. The minimum Gasteiger partial charge on any atom is -0.493 e. The van der Waals surface area contributed by atoms with Crippen LogP contribution < -0.4 is 10.2 Å². The third-order valence-electron chi connectivity index (χ3n) is 2.18. The van der Waals surface area contributed by atoms with Crippen LogP contribution in [0.2, 0.25) is 0 Å². The van der Waals surface area contributed by atoms with Crippen molar-refractivity contribution in [2.45, 2.75) is 6.92 Å². The van der Waals surface area contributed by atoms with Crippen LogP contribution in [0.4, 0.5) is 11.4 Å². The maximum Gasteiger partial charge on any atom is 0.307 e. The molecular weight excluding hydrogens is 266 g/mol. The molecule has 6 nitrogen and oxygen atoms in total. The number of aromatic amines is 1. The first kappa shape index (κ1) is 13.0. The highest BCUT2D eigenvalue weighted by atomic mass is 32.1. The Bertz CT molecular complexity index is 670. The Kier molecular flexibility index (Phi) is 3.76. The molecular formula is C12H11N3O3S. The van der Waals surface area contributed by atoms with E-state index in [0.29, 0.717) is 16.3 Å². The van der Waals surface area contributed by atoms with Crippen molar-refractivity contribution in [3.63, 3.8) is 0 Å². The smallest absolute Gasteiger partial charge is 0.307 e. The molecule has 1 aromatic heterocycles. The van der Waals surface area contributed by atoms with E-state index in [9.17, 15) is 14.7 Å². The molecule has 1 amide bonds. The van der Waals surface area contributed by atoms with Crippen molar-refractivity contribution in [3.05, 3.63) is 38.8 Å². The largest absolute Gasteiger partial charge is 0.493 e. The summed E-state index contributed by atoms with van der Waals surface area (Å²) in [5, 5.41) is 12.0. The normalized spacial score (nSPS) is 10.8. The second kappa shape index (κ2) is 5.49. The van der Waals surface area contributed by atoms with Crippen molar-refractivity contribution in [2.24, 2.45) is 4.99 Å².